The standard InChI is InChI=1S/C21H21N3O/c1-3-18-17(13-22)19(20(21(23)25)24(18)2)16-11-9-15(10-12-16)14-7-5-4-6-8-14/h4-12,19-20H,3H2,1-2H3,(H2,23,25). The van der Waals surface area contributed by atoms with Crippen molar-refractivity contribution in [2.24, 2.45) is 5.73 Å². The van der Waals surface area contributed by atoms with Crippen LogP contribution in [0, 0.1) is 11.3 Å². The van der Waals surface area contributed by atoms with Crippen molar-refractivity contribution in [2.45, 2.75) is 25.3 Å². The van der Waals surface area contributed by atoms with Crippen LogP contribution in [0.3, 0.4) is 0 Å². The molecule has 2 unspecified atom stereocenters. The van der Waals surface area contributed by atoms with Gasteiger partial charge >= 0.3 is 0 Å². The predicted molar refractivity (Wildman–Crippen MR) is 98.3 cm³/mol. The maximum absolute atomic E-state index is 12.1. The molecule has 0 saturated heterocycles. The minimum Gasteiger partial charge on any atom is -0.368 e. The average molecular weight is 331 g/mol. The predicted octanol–water partition coefficient (Wildman–Crippen LogP) is 3.42. The molecule has 25 heavy (non-hydrogen) atoms. The molecule has 1 amide bonds. The quantitative estimate of drug-likeness (QED) is 0.933. The lowest BCUT2D eigenvalue weighted by molar-refractivity contribution is -0.122. The average Bonchev–Trinajstić information content (AvgIpc) is 2.94. The second kappa shape index (κ2) is 6.82. The maximum atomic E-state index is 12.1. The normalized spacial score (nSPS) is 19.8. The number of amides is 1. The van der Waals surface area contributed by atoms with Gasteiger partial charge in [0.25, 0.3) is 0 Å². The van der Waals surface area contributed by atoms with Crippen LogP contribution in [0.4, 0.5) is 0 Å². The van der Waals surface area contributed by atoms with Gasteiger partial charge in [0, 0.05) is 12.7 Å². The zero-order chi connectivity index (χ0) is 18.0. The van der Waals surface area contributed by atoms with Crippen molar-refractivity contribution in [2.75, 3.05) is 7.05 Å². The maximum Gasteiger partial charge on any atom is 0.241 e. The van der Waals surface area contributed by atoms with Gasteiger partial charge in [-0.25, -0.2) is 0 Å². The first-order valence-corrected chi connectivity index (χ1v) is 8.39. The molecule has 1 aliphatic rings. The summed E-state index contributed by atoms with van der Waals surface area (Å²) in [5, 5.41) is 9.66. The number of rotatable bonds is 4. The lowest BCUT2D eigenvalue weighted by Crippen LogP contribution is -2.42. The molecule has 0 bridgehead atoms. The molecule has 2 N–H and O–H groups in total. The summed E-state index contributed by atoms with van der Waals surface area (Å²) in [6, 6.07) is 19.9. The fraction of sp³-hybridized carbons (Fsp3) is 0.238. The zero-order valence-corrected chi connectivity index (χ0v) is 14.4. The summed E-state index contributed by atoms with van der Waals surface area (Å²) in [7, 11) is 1.84. The highest BCUT2D eigenvalue weighted by molar-refractivity contribution is 5.84. The molecule has 2 aromatic rings. The van der Waals surface area contributed by atoms with Crippen molar-refractivity contribution in [3.05, 3.63) is 71.4 Å². The van der Waals surface area contributed by atoms with E-state index in [4.69, 9.17) is 5.73 Å². The first-order valence-electron chi connectivity index (χ1n) is 8.39. The van der Waals surface area contributed by atoms with Crippen LogP contribution >= 0.6 is 0 Å². The molecule has 3 rings (SSSR count). The number of hydrogen-bond acceptors (Lipinski definition) is 3. The molecular formula is C21H21N3O. The van der Waals surface area contributed by atoms with E-state index >= 15 is 0 Å². The topological polar surface area (TPSA) is 70.1 Å². The second-order valence-corrected chi connectivity index (χ2v) is 6.25. The van der Waals surface area contributed by atoms with Gasteiger partial charge in [-0.1, -0.05) is 61.5 Å². The SMILES string of the molecule is CCC1=C(C#N)C(c2ccc(-c3ccccc3)cc2)C(C(N)=O)N1C. The van der Waals surface area contributed by atoms with Gasteiger partial charge in [0.15, 0.2) is 0 Å². The van der Waals surface area contributed by atoms with Crippen LogP contribution in [0.2, 0.25) is 0 Å². The molecule has 126 valence electrons. The third kappa shape index (κ3) is 2.89. The van der Waals surface area contributed by atoms with E-state index < -0.39 is 11.9 Å². The highest BCUT2D eigenvalue weighted by atomic mass is 16.1. The van der Waals surface area contributed by atoms with E-state index in [1.165, 1.54) is 0 Å². The lowest BCUT2D eigenvalue weighted by atomic mass is 9.86. The number of nitrogens with zero attached hydrogens (tertiary/aromatic N) is 2. The summed E-state index contributed by atoms with van der Waals surface area (Å²) in [6.07, 6.45) is 0.696. The van der Waals surface area contributed by atoms with Gasteiger partial charge in [0.05, 0.1) is 17.6 Å². The summed E-state index contributed by atoms with van der Waals surface area (Å²) >= 11 is 0. The van der Waals surface area contributed by atoms with E-state index in [9.17, 15) is 10.1 Å². The first kappa shape index (κ1) is 16.8. The van der Waals surface area contributed by atoms with Gasteiger partial charge in [0.2, 0.25) is 5.91 Å². The highest BCUT2D eigenvalue weighted by Gasteiger charge is 2.42. The van der Waals surface area contributed by atoms with Gasteiger partial charge < -0.3 is 10.6 Å². The Bertz CT molecular complexity index is 847. The number of allylic oxidation sites excluding steroid dienone is 1. The van der Waals surface area contributed by atoms with Crippen molar-refractivity contribution in [1.29, 1.82) is 5.26 Å². The number of nitrogens with two attached hydrogens (primary N) is 1. The molecule has 2 atom stereocenters. The Hall–Kier alpha value is -3.06. The summed E-state index contributed by atoms with van der Waals surface area (Å²) in [5.41, 5.74) is 10.4. The Morgan fingerprint density at radius 1 is 1.12 bits per heavy atom. The molecular weight excluding hydrogens is 310 g/mol. The zero-order valence-electron chi connectivity index (χ0n) is 14.4. The van der Waals surface area contributed by atoms with Gasteiger partial charge in [-0.15, -0.1) is 0 Å². The van der Waals surface area contributed by atoms with E-state index in [1.54, 1.807) is 0 Å². The Kier molecular flexibility index (Phi) is 4.58. The highest BCUT2D eigenvalue weighted by Crippen LogP contribution is 2.41. The summed E-state index contributed by atoms with van der Waals surface area (Å²) in [4.78, 5) is 13.9. The molecule has 0 saturated carbocycles. The van der Waals surface area contributed by atoms with E-state index in [0.717, 1.165) is 22.4 Å². The molecule has 4 nitrogen and oxygen atoms in total. The number of primary amides is 1. The third-order valence-electron chi connectivity index (χ3n) is 4.90. The number of likely N-dealkylation sites (N-methyl/N-ethyl adjacent to an activating group) is 1. The Labute approximate surface area is 148 Å². The first-order chi connectivity index (χ1) is 12.1. The van der Waals surface area contributed by atoms with E-state index in [-0.39, 0.29) is 5.92 Å². The smallest absolute Gasteiger partial charge is 0.241 e. The Morgan fingerprint density at radius 3 is 2.24 bits per heavy atom. The molecule has 0 spiro atoms. The van der Waals surface area contributed by atoms with Crippen LogP contribution in [0.15, 0.2) is 65.9 Å². The van der Waals surface area contributed by atoms with Crippen LogP contribution in [0.5, 0.6) is 0 Å². The Morgan fingerprint density at radius 2 is 1.72 bits per heavy atom. The number of nitriles is 1. The van der Waals surface area contributed by atoms with Gasteiger partial charge in [-0.3, -0.25) is 4.79 Å². The van der Waals surface area contributed by atoms with Crippen LogP contribution in [-0.4, -0.2) is 23.9 Å². The van der Waals surface area contributed by atoms with Crippen molar-refractivity contribution < 1.29 is 4.79 Å². The monoisotopic (exact) mass is 331 g/mol. The van der Waals surface area contributed by atoms with Crippen LogP contribution < -0.4 is 5.73 Å². The molecule has 0 fully saturated rings. The van der Waals surface area contributed by atoms with Gasteiger partial charge in [0.1, 0.15) is 6.04 Å². The van der Waals surface area contributed by atoms with Crippen LogP contribution in [0.25, 0.3) is 11.1 Å². The molecule has 2 aromatic carbocycles. The fourth-order valence-electron chi connectivity index (χ4n) is 3.71. The number of carbonyl (C=O) groups is 1. The van der Waals surface area contributed by atoms with Gasteiger partial charge in [-0.2, -0.15) is 5.26 Å². The number of carbonyl (C=O) groups excluding carboxylic acids is 1. The van der Waals surface area contributed by atoms with Crippen molar-refractivity contribution in [3.63, 3.8) is 0 Å². The number of hydrogen-bond donors (Lipinski definition) is 1. The number of benzene rings is 2. The fourth-order valence-corrected chi connectivity index (χ4v) is 3.71. The molecule has 1 aliphatic heterocycles. The minimum absolute atomic E-state index is 0.313. The minimum atomic E-state index is -0.521. The van der Waals surface area contributed by atoms with Crippen molar-refractivity contribution >= 4 is 5.91 Å². The Balaban J connectivity index is 2.03. The third-order valence-corrected chi connectivity index (χ3v) is 4.90. The second-order valence-electron chi connectivity index (χ2n) is 6.25. The van der Waals surface area contributed by atoms with E-state index in [1.807, 2.05) is 61.3 Å². The van der Waals surface area contributed by atoms with Crippen LogP contribution in [0.1, 0.15) is 24.8 Å². The van der Waals surface area contributed by atoms with Crippen molar-refractivity contribution in [1.82, 2.24) is 4.90 Å². The molecule has 0 aliphatic carbocycles. The molecule has 0 radical (unpaired) electrons. The summed E-state index contributed by atoms with van der Waals surface area (Å²) in [5.74, 6) is -0.719. The summed E-state index contributed by atoms with van der Waals surface area (Å²) < 4.78 is 0. The molecule has 0 aromatic heterocycles. The molecule has 1 heterocycles. The van der Waals surface area contributed by atoms with E-state index in [0.29, 0.717) is 12.0 Å². The van der Waals surface area contributed by atoms with E-state index in [2.05, 4.69) is 18.2 Å². The van der Waals surface area contributed by atoms with Crippen molar-refractivity contribution in [3.8, 4) is 17.2 Å². The lowest BCUT2D eigenvalue weighted by Gasteiger charge is -2.26. The summed E-state index contributed by atoms with van der Waals surface area (Å²) in [6.45, 7) is 1.99. The van der Waals surface area contributed by atoms with Gasteiger partial charge in [-0.05, 0) is 23.1 Å². The van der Waals surface area contributed by atoms with Crippen LogP contribution in [-0.2, 0) is 4.79 Å². The molecule has 4 heteroatoms. The largest absolute Gasteiger partial charge is 0.368 e.